The maximum atomic E-state index is 13.5. The summed E-state index contributed by atoms with van der Waals surface area (Å²) >= 11 is 0. The van der Waals surface area contributed by atoms with Crippen LogP contribution in [0.4, 0.5) is 8.78 Å². The first kappa shape index (κ1) is 17.5. The molecule has 4 saturated carbocycles. The average molecular weight is 368 g/mol. The van der Waals surface area contributed by atoms with Crippen LogP contribution in [0, 0.1) is 11.8 Å². The Morgan fingerprint density at radius 1 is 1.08 bits per heavy atom. The molecular formula is C14H18F2O7S. The maximum Gasteiger partial charge on any atom is 0.465 e. The number of carbonyl (C=O) groups excluding carboxylic acids is 2. The monoisotopic (exact) mass is 368 g/mol. The van der Waals surface area contributed by atoms with Crippen molar-refractivity contribution < 1.29 is 40.8 Å². The minimum atomic E-state index is -5.91. The quantitative estimate of drug-likeness (QED) is 0.594. The van der Waals surface area contributed by atoms with E-state index in [9.17, 15) is 26.8 Å². The Labute approximate surface area is 137 Å². The highest BCUT2D eigenvalue weighted by atomic mass is 32.2. The molecule has 0 spiro atoms. The van der Waals surface area contributed by atoms with Gasteiger partial charge in [-0.25, -0.2) is 4.79 Å². The number of esters is 2. The molecule has 24 heavy (non-hydrogen) atoms. The minimum absolute atomic E-state index is 0.0535. The molecule has 0 aromatic rings. The molecule has 2 atom stereocenters. The van der Waals surface area contributed by atoms with Crippen molar-refractivity contribution in [2.75, 3.05) is 0 Å². The molecule has 4 fully saturated rings. The molecule has 7 nitrogen and oxygen atoms in total. The van der Waals surface area contributed by atoms with Gasteiger partial charge in [0.15, 0.2) is 0 Å². The first-order valence-corrected chi connectivity index (χ1v) is 9.08. The van der Waals surface area contributed by atoms with Gasteiger partial charge in [0, 0.05) is 13.3 Å². The van der Waals surface area contributed by atoms with Gasteiger partial charge >= 0.3 is 27.3 Å². The highest BCUT2D eigenvalue weighted by molar-refractivity contribution is 7.87. The van der Waals surface area contributed by atoms with Gasteiger partial charge in [0.05, 0.1) is 0 Å². The van der Waals surface area contributed by atoms with Crippen LogP contribution in [0.25, 0.3) is 0 Å². The molecule has 136 valence electrons. The Morgan fingerprint density at radius 3 is 1.96 bits per heavy atom. The van der Waals surface area contributed by atoms with E-state index in [4.69, 9.17) is 14.0 Å². The Bertz CT molecular complexity index is 673. The molecule has 0 saturated heterocycles. The van der Waals surface area contributed by atoms with E-state index < -0.39 is 38.5 Å². The summed E-state index contributed by atoms with van der Waals surface area (Å²) in [6.07, 6.45) is 2.70. The largest absolute Gasteiger partial charge is 0.465 e. The third-order valence-corrected chi connectivity index (χ3v) is 6.00. The molecule has 0 radical (unpaired) electrons. The molecule has 1 N–H and O–H groups in total. The smallest absolute Gasteiger partial charge is 0.459 e. The van der Waals surface area contributed by atoms with Gasteiger partial charge in [-0.15, -0.1) is 0 Å². The van der Waals surface area contributed by atoms with Gasteiger partial charge in [-0.3, -0.25) is 9.35 Å². The lowest BCUT2D eigenvalue weighted by molar-refractivity contribution is -0.236. The fraction of sp³-hybridized carbons (Fsp3) is 0.857. The summed E-state index contributed by atoms with van der Waals surface area (Å²) in [6.45, 7) is 1.25. The zero-order valence-electron chi connectivity index (χ0n) is 13.0. The first-order chi connectivity index (χ1) is 10.9. The molecule has 4 rings (SSSR count). The van der Waals surface area contributed by atoms with Crippen LogP contribution in [0.15, 0.2) is 0 Å². The summed E-state index contributed by atoms with van der Waals surface area (Å²) in [7, 11) is -5.91. The first-order valence-electron chi connectivity index (χ1n) is 7.64. The molecule has 0 aromatic heterocycles. The molecule has 0 aromatic carbocycles. The predicted molar refractivity (Wildman–Crippen MR) is 74.5 cm³/mol. The van der Waals surface area contributed by atoms with Gasteiger partial charge in [0.25, 0.3) is 0 Å². The molecule has 4 bridgehead atoms. The number of ether oxygens (including phenoxy) is 2. The van der Waals surface area contributed by atoms with Crippen molar-refractivity contribution in [2.45, 2.75) is 61.9 Å². The summed E-state index contributed by atoms with van der Waals surface area (Å²) in [5.74, 6) is -2.68. The van der Waals surface area contributed by atoms with E-state index in [1.54, 1.807) is 0 Å². The Hall–Kier alpha value is -1.29. The zero-order valence-corrected chi connectivity index (χ0v) is 13.8. The summed E-state index contributed by atoms with van der Waals surface area (Å²) in [5.41, 5.74) is -2.14. The third kappa shape index (κ3) is 2.79. The number of carbonyl (C=O) groups is 2. The second kappa shape index (κ2) is 5.10. The van der Waals surface area contributed by atoms with E-state index in [1.165, 1.54) is 6.92 Å². The number of hydrogen-bond acceptors (Lipinski definition) is 6. The van der Waals surface area contributed by atoms with Crippen LogP contribution in [0.3, 0.4) is 0 Å². The minimum Gasteiger partial charge on any atom is -0.459 e. The van der Waals surface area contributed by atoms with Gasteiger partial charge < -0.3 is 9.47 Å². The standard InChI is InChI=1S/C14H18F2O7S/c1-8(17)22-12-3-9-2-10(4-12)6-13(5-9,7-12)23-11(18)14(15,16)24(19,20)21/h9-10H,2-7H2,1H3,(H,19,20,21). The lowest BCUT2D eigenvalue weighted by Gasteiger charge is -2.60. The van der Waals surface area contributed by atoms with Gasteiger partial charge in [-0.05, 0) is 43.9 Å². The fourth-order valence-electron chi connectivity index (χ4n) is 5.00. The Kier molecular flexibility index (Phi) is 3.73. The highest BCUT2D eigenvalue weighted by Crippen LogP contribution is 2.60. The summed E-state index contributed by atoms with van der Waals surface area (Å²) in [5, 5.41) is -5.02. The van der Waals surface area contributed by atoms with Crippen LogP contribution in [0.1, 0.15) is 45.4 Å². The van der Waals surface area contributed by atoms with Gasteiger partial charge in [-0.2, -0.15) is 17.2 Å². The third-order valence-electron chi connectivity index (χ3n) is 5.18. The highest BCUT2D eigenvalue weighted by Gasteiger charge is 2.64. The molecule has 0 heterocycles. The summed E-state index contributed by atoms with van der Waals surface area (Å²) in [6, 6.07) is 0. The van der Waals surface area contributed by atoms with Crippen LogP contribution in [0.5, 0.6) is 0 Å². The van der Waals surface area contributed by atoms with Gasteiger partial charge in [0.1, 0.15) is 11.2 Å². The van der Waals surface area contributed by atoms with E-state index in [2.05, 4.69) is 0 Å². The van der Waals surface area contributed by atoms with Crippen molar-refractivity contribution >= 4 is 22.1 Å². The van der Waals surface area contributed by atoms with Crippen LogP contribution in [-0.2, 0) is 29.2 Å². The normalized spacial score (nSPS) is 38.0. The number of alkyl halides is 2. The van der Waals surface area contributed by atoms with Crippen LogP contribution in [-0.4, -0.2) is 41.4 Å². The van der Waals surface area contributed by atoms with Crippen LogP contribution in [0.2, 0.25) is 0 Å². The van der Waals surface area contributed by atoms with E-state index >= 15 is 0 Å². The van der Waals surface area contributed by atoms with E-state index in [0.717, 1.165) is 6.42 Å². The molecule has 0 aliphatic heterocycles. The molecule has 4 aliphatic rings. The van der Waals surface area contributed by atoms with Gasteiger partial charge in [-0.1, -0.05) is 0 Å². The molecule has 2 unspecified atom stereocenters. The predicted octanol–water partition coefficient (Wildman–Crippen LogP) is 1.66. The Balaban J connectivity index is 1.86. The summed E-state index contributed by atoms with van der Waals surface area (Å²) < 4.78 is 67.4. The number of hydrogen-bond donors (Lipinski definition) is 1. The number of halogens is 2. The van der Waals surface area contributed by atoms with E-state index in [1.807, 2.05) is 0 Å². The van der Waals surface area contributed by atoms with Crippen molar-refractivity contribution in [3.8, 4) is 0 Å². The van der Waals surface area contributed by atoms with Crippen LogP contribution < -0.4 is 0 Å². The second-order valence-corrected chi connectivity index (χ2v) is 8.76. The van der Waals surface area contributed by atoms with Crippen molar-refractivity contribution in [3.63, 3.8) is 0 Å². The number of rotatable bonds is 4. The molecule has 10 heteroatoms. The molecule has 4 aliphatic carbocycles. The lowest BCUT2D eigenvalue weighted by Crippen LogP contribution is -2.62. The SMILES string of the molecule is CC(=O)OC12CC3CC(C1)CC(OC(=O)C(F)(F)S(=O)(=O)O)(C3)C2. The van der Waals surface area contributed by atoms with Crippen molar-refractivity contribution in [1.29, 1.82) is 0 Å². The van der Waals surface area contributed by atoms with E-state index in [-0.39, 0.29) is 18.3 Å². The van der Waals surface area contributed by atoms with Gasteiger partial charge in [0.2, 0.25) is 0 Å². The Morgan fingerprint density at radius 2 is 1.54 bits per heavy atom. The molecule has 0 amide bonds. The van der Waals surface area contributed by atoms with Crippen molar-refractivity contribution in [3.05, 3.63) is 0 Å². The van der Waals surface area contributed by atoms with Crippen LogP contribution >= 0.6 is 0 Å². The zero-order chi connectivity index (χ0) is 18.0. The second-order valence-electron chi connectivity index (χ2n) is 7.30. The van der Waals surface area contributed by atoms with E-state index in [0.29, 0.717) is 25.7 Å². The summed E-state index contributed by atoms with van der Waals surface area (Å²) in [4.78, 5) is 23.1. The van der Waals surface area contributed by atoms with Crippen molar-refractivity contribution in [2.24, 2.45) is 11.8 Å². The van der Waals surface area contributed by atoms with Crippen molar-refractivity contribution in [1.82, 2.24) is 0 Å². The fourth-order valence-corrected chi connectivity index (χ4v) is 5.25. The topological polar surface area (TPSA) is 107 Å². The molecular weight excluding hydrogens is 350 g/mol. The average Bonchev–Trinajstić information content (AvgIpc) is 2.32. The maximum absolute atomic E-state index is 13.5. The lowest BCUT2D eigenvalue weighted by atomic mass is 9.52.